The molecule has 0 fully saturated rings. The summed E-state index contributed by atoms with van der Waals surface area (Å²) in [6, 6.07) is 3.80. The number of rotatable bonds is 3. The van der Waals surface area contributed by atoms with E-state index in [0.717, 1.165) is 4.90 Å². The molecule has 0 amide bonds. The molecular formula is C9H13N3S. The molecule has 3 N–H and O–H groups in total. The third kappa shape index (κ3) is 2.73. The molecule has 1 aromatic heterocycles. The molecule has 0 saturated carbocycles. The Balaban J connectivity index is 2.98. The smallest absolute Gasteiger partial charge is 0.142 e. The number of pyridine rings is 1. The van der Waals surface area contributed by atoms with Crippen LogP contribution in [-0.2, 0) is 0 Å². The molecule has 3 nitrogen and oxygen atoms in total. The summed E-state index contributed by atoms with van der Waals surface area (Å²) in [5.74, 6) is 0.0313. The molecule has 70 valence electrons. The first-order valence-corrected chi connectivity index (χ1v) is 4.95. The lowest BCUT2D eigenvalue weighted by atomic mass is 10.3. The summed E-state index contributed by atoms with van der Waals surface area (Å²) in [5, 5.41) is 7.80. The monoisotopic (exact) mass is 195 g/mol. The number of nitrogens with zero attached hydrogens (tertiary/aromatic N) is 1. The number of nitrogens with one attached hydrogen (secondary N) is 1. The second-order valence-corrected chi connectivity index (χ2v) is 4.55. The maximum absolute atomic E-state index is 7.32. The first-order chi connectivity index (χ1) is 6.11. The largest absolute Gasteiger partial charge is 0.382 e. The van der Waals surface area contributed by atoms with Crippen molar-refractivity contribution in [1.29, 1.82) is 5.41 Å². The fourth-order valence-electron chi connectivity index (χ4n) is 0.942. The highest BCUT2D eigenvalue weighted by Gasteiger charge is 2.07. The number of nitrogens with two attached hydrogens (primary N) is 1. The highest BCUT2D eigenvalue weighted by Crippen LogP contribution is 2.24. The number of nitrogen functional groups attached to an aromatic ring is 1. The minimum Gasteiger partial charge on any atom is -0.382 e. The van der Waals surface area contributed by atoms with E-state index in [-0.39, 0.29) is 5.84 Å². The van der Waals surface area contributed by atoms with E-state index in [9.17, 15) is 0 Å². The summed E-state index contributed by atoms with van der Waals surface area (Å²) in [7, 11) is 0. The van der Waals surface area contributed by atoms with E-state index in [2.05, 4.69) is 18.8 Å². The number of thioether (sulfide) groups is 1. The molecule has 0 bridgehead atoms. The van der Waals surface area contributed by atoms with Crippen LogP contribution in [0.25, 0.3) is 0 Å². The quantitative estimate of drug-likeness (QED) is 0.439. The van der Waals surface area contributed by atoms with Gasteiger partial charge in [-0.2, -0.15) is 0 Å². The summed E-state index contributed by atoms with van der Waals surface area (Å²) >= 11 is 1.67. The van der Waals surface area contributed by atoms with E-state index in [4.69, 9.17) is 11.1 Å². The van der Waals surface area contributed by atoms with Gasteiger partial charge in [-0.15, -0.1) is 11.8 Å². The van der Waals surface area contributed by atoms with Gasteiger partial charge in [-0.25, -0.2) is 0 Å². The fourth-order valence-corrected chi connectivity index (χ4v) is 1.88. The molecule has 0 saturated heterocycles. The molecule has 4 heteroatoms. The number of hydrogen-bond donors (Lipinski definition) is 2. The number of amidine groups is 1. The molecule has 0 aliphatic carbocycles. The average molecular weight is 195 g/mol. The lowest BCUT2D eigenvalue weighted by Crippen LogP contribution is -2.14. The molecular weight excluding hydrogens is 182 g/mol. The zero-order valence-corrected chi connectivity index (χ0v) is 8.56. The number of hydrogen-bond acceptors (Lipinski definition) is 3. The molecule has 1 aromatic rings. The molecule has 0 aromatic carbocycles. The summed E-state index contributed by atoms with van der Waals surface area (Å²) in [5.41, 5.74) is 5.98. The van der Waals surface area contributed by atoms with E-state index in [1.54, 1.807) is 18.0 Å². The second kappa shape index (κ2) is 4.28. The van der Waals surface area contributed by atoms with E-state index >= 15 is 0 Å². The van der Waals surface area contributed by atoms with Gasteiger partial charge in [-0.3, -0.25) is 10.4 Å². The van der Waals surface area contributed by atoms with Crippen molar-refractivity contribution in [3.05, 3.63) is 24.0 Å². The first kappa shape index (κ1) is 10.1. The van der Waals surface area contributed by atoms with Gasteiger partial charge in [-0.1, -0.05) is 13.8 Å². The van der Waals surface area contributed by atoms with Crippen molar-refractivity contribution in [1.82, 2.24) is 4.98 Å². The lowest BCUT2D eigenvalue weighted by Gasteiger charge is -2.08. The van der Waals surface area contributed by atoms with Crippen molar-refractivity contribution in [2.24, 2.45) is 5.73 Å². The Labute approximate surface area is 82.3 Å². The maximum Gasteiger partial charge on any atom is 0.142 e. The van der Waals surface area contributed by atoms with Gasteiger partial charge in [0.1, 0.15) is 11.5 Å². The summed E-state index contributed by atoms with van der Waals surface area (Å²) in [4.78, 5) is 5.04. The third-order valence-electron chi connectivity index (χ3n) is 1.39. The lowest BCUT2D eigenvalue weighted by molar-refractivity contribution is 1.10. The van der Waals surface area contributed by atoms with Gasteiger partial charge < -0.3 is 5.73 Å². The summed E-state index contributed by atoms with van der Waals surface area (Å²) in [6.07, 6.45) is 1.65. The predicted molar refractivity (Wildman–Crippen MR) is 56.2 cm³/mol. The normalized spacial score (nSPS) is 10.4. The van der Waals surface area contributed by atoms with Gasteiger partial charge in [-0.05, 0) is 12.1 Å². The standard InChI is InChI=1S/C9H13N3S/c1-6(2)13-7-4-3-5-12-8(7)9(10)11/h3-6H,1-2H3,(H3,10,11). The molecule has 1 rings (SSSR count). The zero-order valence-electron chi connectivity index (χ0n) is 7.74. The summed E-state index contributed by atoms with van der Waals surface area (Å²) in [6.45, 7) is 4.20. The van der Waals surface area contributed by atoms with Crippen LogP contribution >= 0.6 is 11.8 Å². The van der Waals surface area contributed by atoms with Crippen LogP contribution in [0.1, 0.15) is 19.5 Å². The third-order valence-corrected chi connectivity index (χ3v) is 2.44. The Hall–Kier alpha value is -1.03. The van der Waals surface area contributed by atoms with Crippen LogP contribution in [0, 0.1) is 5.41 Å². The highest BCUT2D eigenvalue weighted by molar-refractivity contribution is 8.00. The number of aromatic nitrogens is 1. The average Bonchev–Trinajstić information content (AvgIpc) is 2.03. The zero-order chi connectivity index (χ0) is 9.84. The van der Waals surface area contributed by atoms with E-state index in [0.29, 0.717) is 10.9 Å². The van der Waals surface area contributed by atoms with Crippen molar-refractivity contribution in [2.45, 2.75) is 24.0 Å². The first-order valence-electron chi connectivity index (χ1n) is 4.07. The maximum atomic E-state index is 7.32. The van der Waals surface area contributed by atoms with Crippen LogP contribution in [0.5, 0.6) is 0 Å². The summed E-state index contributed by atoms with van der Waals surface area (Å²) < 4.78 is 0. The Bertz CT molecular complexity index is 309. The van der Waals surface area contributed by atoms with Crippen LogP contribution in [0.3, 0.4) is 0 Å². The fraction of sp³-hybridized carbons (Fsp3) is 0.333. The Morgan fingerprint density at radius 1 is 1.62 bits per heavy atom. The Morgan fingerprint density at radius 3 is 2.85 bits per heavy atom. The van der Waals surface area contributed by atoms with Crippen LogP contribution in [0.4, 0.5) is 0 Å². The van der Waals surface area contributed by atoms with Gasteiger partial charge in [0.25, 0.3) is 0 Å². The predicted octanol–water partition coefficient (Wildman–Crippen LogP) is 1.87. The van der Waals surface area contributed by atoms with E-state index < -0.39 is 0 Å². The molecule has 1 heterocycles. The highest BCUT2D eigenvalue weighted by atomic mass is 32.2. The molecule has 0 aliphatic heterocycles. The molecule has 0 radical (unpaired) electrons. The van der Waals surface area contributed by atoms with Gasteiger partial charge in [0.05, 0.1) is 0 Å². The molecule has 0 aliphatic rings. The Morgan fingerprint density at radius 2 is 2.31 bits per heavy atom. The minimum absolute atomic E-state index is 0.0313. The van der Waals surface area contributed by atoms with Crippen molar-refractivity contribution in [3.63, 3.8) is 0 Å². The van der Waals surface area contributed by atoms with Crippen molar-refractivity contribution in [2.75, 3.05) is 0 Å². The van der Waals surface area contributed by atoms with Gasteiger partial charge in [0.15, 0.2) is 0 Å². The van der Waals surface area contributed by atoms with Crippen LogP contribution in [-0.4, -0.2) is 16.1 Å². The van der Waals surface area contributed by atoms with Crippen molar-refractivity contribution in [3.8, 4) is 0 Å². The molecule has 0 atom stereocenters. The van der Waals surface area contributed by atoms with E-state index in [1.807, 2.05) is 12.1 Å². The minimum atomic E-state index is 0.0313. The molecule has 0 spiro atoms. The SMILES string of the molecule is CC(C)Sc1cccnc1C(=N)N. The van der Waals surface area contributed by atoms with Crippen LogP contribution < -0.4 is 5.73 Å². The van der Waals surface area contributed by atoms with Gasteiger partial charge >= 0.3 is 0 Å². The van der Waals surface area contributed by atoms with Crippen molar-refractivity contribution < 1.29 is 0 Å². The second-order valence-electron chi connectivity index (χ2n) is 2.93. The van der Waals surface area contributed by atoms with Gasteiger partial charge in [0.2, 0.25) is 0 Å². The topological polar surface area (TPSA) is 62.8 Å². The van der Waals surface area contributed by atoms with Crippen molar-refractivity contribution >= 4 is 17.6 Å². The Kier molecular flexibility index (Phi) is 3.31. The molecule has 13 heavy (non-hydrogen) atoms. The van der Waals surface area contributed by atoms with Crippen LogP contribution in [0.15, 0.2) is 23.2 Å². The van der Waals surface area contributed by atoms with E-state index in [1.165, 1.54) is 0 Å². The van der Waals surface area contributed by atoms with Gasteiger partial charge in [0, 0.05) is 16.3 Å². The van der Waals surface area contributed by atoms with Crippen LogP contribution in [0.2, 0.25) is 0 Å². The molecule has 0 unspecified atom stereocenters.